The Morgan fingerprint density at radius 3 is 2.50 bits per heavy atom. The zero-order valence-corrected chi connectivity index (χ0v) is 20.6. The molecule has 184 valence electrons. The predicted octanol–water partition coefficient (Wildman–Crippen LogP) is 2.17. The summed E-state index contributed by atoms with van der Waals surface area (Å²) in [6.45, 7) is 7.55. The van der Waals surface area contributed by atoms with E-state index in [-0.39, 0.29) is 35.6 Å². The molecular weight excluding hydrogens is 458 g/mol. The number of benzene rings is 1. The second-order valence-electron chi connectivity index (χ2n) is 8.78. The molecule has 1 aromatic carbocycles. The number of amides is 2. The van der Waals surface area contributed by atoms with Gasteiger partial charge in [-0.2, -0.15) is 9.29 Å². The molecule has 2 amide bonds. The number of likely N-dealkylation sites (tertiary alicyclic amines) is 1. The van der Waals surface area contributed by atoms with E-state index in [1.807, 2.05) is 0 Å². The maximum absolute atomic E-state index is 13.2. The largest absolute Gasteiger partial charge is 0.342 e. The van der Waals surface area contributed by atoms with Gasteiger partial charge in [0.1, 0.15) is 0 Å². The molecule has 0 N–H and O–H groups in total. The summed E-state index contributed by atoms with van der Waals surface area (Å²) in [6, 6.07) is 6.31. The van der Waals surface area contributed by atoms with Crippen molar-refractivity contribution in [3.05, 3.63) is 36.0 Å². The van der Waals surface area contributed by atoms with E-state index in [1.165, 1.54) is 16.4 Å². The number of carbonyl (C=O) groups is 2. The monoisotopic (exact) mass is 489 g/mol. The van der Waals surface area contributed by atoms with Gasteiger partial charge in [0.25, 0.3) is 0 Å². The van der Waals surface area contributed by atoms with E-state index in [9.17, 15) is 18.0 Å². The van der Waals surface area contributed by atoms with Gasteiger partial charge in [0.2, 0.25) is 27.7 Å². The predicted molar refractivity (Wildman–Crippen MR) is 125 cm³/mol. The number of piperidine rings is 1. The lowest BCUT2D eigenvalue weighted by Crippen LogP contribution is -2.43. The number of hydrogen-bond acceptors (Lipinski definition) is 7. The number of carbonyl (C=O) groups excluding carboxylic acids is 2. The molecule has 3 heterocycles. The van der Waals surface area contributed by atoms with Crippen molar-refractivity contribution in [2.45, 2.75) is 50.8 Å². The van der Waals surface area contributed by atoms with Crippen LogP contribution in [-0.4, -0.2) is 72.3 Å². The molecule has 0 bridgehead atoms. The van der Waals surface area contributed by atoms with E-state index >= 15 is 0 Å². The van der Waals surface area contributed by atoms with E-state index in [0.717, 1.165) is 12.8 Å². The van der Waals surface area contributed by atoms with E-state index < -0.39 is 15.9 Å². The highest BCUT2D eigenvalue weighted by atomic mass is 32.2. The Hall–Kier alpha value is -2.79. The molecule has 0 aliphatic carbocycles. The van der Waals surface area contributed by atoms with Crippen LogP contribution in [-0.2, 0) is 19.6 Å². The summed E-state index contributed by atoms with van der Waals surface area (Å²) in [5, 5.41) is 4.01. The molecule has 2 atom stereocenters. The molecule has 34 heavy (non-hydrogen) atoms. The summed E-state index contributed by atoms with van der Waals surface area (Å²) in [4.78, 5) is 33.8. The van der Waals surface area contributed by atoms with Gasteiger partial charge in [0.05, 0.1) is 10.8 Å². The van der Waals surface area contributed by atoms with Gasteiger partial charge in [0.15, 0.2) is 5.82 Å². The maximum atomic E-state index is 13.2. The SMILES string of the molecule is CCN(CC)S(=O)(=O)c1ccc(N2C[C@H](C(=O)N3CCC[C@@H](c4noc(C)n4)C3)CC2=O)cc1. The third kappa shape index (κ3) is 4.72. The first-order valence-electron chi connectivity index (χ1n) is 11.7. The van der Waals surface area contributed by atoms with Crippen LogP contribution in [0.1, 0.15) is 50.7 Å². The molecule has 2 fully saturated rings. The normalized spacial score (nSPS) is 21.5. The van der Waals surface area contributed by atoms with Gasteiger partial charge in [-0.15, -0.1) is 0 Å². The molecule has 2 aliphatic rings. The Bertz CT molecular complexity index is 1140. The fraction of sp³-hybridized carbons (Fsp3) is 0.565. The molecule has 2 saturated heterocycles. The zero-order chi connectivity index (χ0) is 24.5. The molecular formula is C23H31N5O5S. The standard InChI is InChI=1S/C23H31N5O5S/c1-4-27(5-2)34(31,32)20-10-8-19(9-11-20)28-15-18(13-21(28)29)23(30)26-12-6-7-17(14-26)22-24-16(3)33-25-22/h8-11,17-18H,4-7,12-15H2,1-3H3/t17-,18-/m1/s1. The van der Waals surface area contributed by atoms with Crippen LogP contribution < -0.4 is 4.90 Å². The van der Waals surface area contributed by atoms with Crippen molar-refractivity contribution < 1.29 is 22.5 Å². The van der Waals surface area contributed by atoms with Gasteiger partial charge in [-0.3, -0.25) is 9.59 Å². The summed E-state index contributed by atoms with van der Waals surface area (Å²) in [5.41, 5.74) is 0.595. The lowest BCUT2D eigenvalue weighted by Gasteiger charge is -2.33. The van der Waals surface area contributed by atoms with Crippen molar-refractivity contribution in [3.63, 3.8) is 0 Å². The fourth-order valence-corrected chi connectivity index (χ4v) is 6.22. The molecule has 2 aliphatic heterocycles. The van der Waals surface area contributed by atoms with Crippen molar-refractivity contribution in [1.29, 1.82) is 0 Å². The van der Waals surface area contributed by atoms with Crippen molar-refractivity contribution in [2.75, 3.05) is 37.6 Å². The Morgan fingerprint density at radius 2 is 1.88 bits per heavy atom. The Morgan fingerprint density at radius 1 is 1.18 bits per heavy atom. The van der Waals surface area contributed by atoms with Gasteiger partial charge in [-0.1, -0.05) is 19.0 Å². The third-order valence-electron chi connectivity index (χ3n) is 6.61. The lowest BCUT2D eigenvalue weighted by atomic mass is 9.95. The van der Waals surface area contributed by atoms with Crippen LogP contribution in [0.3, 0.4) is 0 Å². The average molecular weight is 490 g/mol. The first-order chi connectivity index (χ1) is 16.2. The minimum atomic E-state index is -3.57. The summed E-state index contributed by atoms with van der Waals surface area (Å²) in [7, 11) is -3.57. The summed E-state index contributed by atoms with van der Waals surface area (Å²) >= 11 is 0. The van der Waals surface area contributed by atoms with Crippen LogP contribution in [0.25, 0.3) is 0 Å². The zero-order valence-electron chi connectivity index (χ0n) is 19.8. The first kappa shape index (κ1) is 24.3. The minimum absolute atomic E-state index is 0.0312. The van der Waals surface area contributed by atoms with E-state index in [0.29, 0.717) is 43.6 Å². The number of rotatable bonds is 7. The molecule has 0 saturated carbocycles. The van der Waals surface area contributed by atoms with Crippen LogP contribution >= 0.6 is 0 Å². The highest BCUT2D eigenvalue weighted by molar-refractivity contribution is 7.89. The molecule has 4 rings (SSSR count). The van der Waals surface area contributed by atoms with Crippen LogP contribution in [0, 0.1) is 12.8 Å². The number of nitrogens with zero attached hydrogens (tertiary/aromatic N) is 5. The topological polar surface area (TPSA) is 117 Å². The lowest BCUT2D eigenvalue weighted by molar-refractivity contribution is -0.137. The molecule has 0 unspecified atom stereocenters. The highest BCUT2D eigenvalue weighted by Crippen LogP contribution is 2.31. The average Bonchev–Trinajstić information content (AvgIpc) is 3.45. The van der Waals surface area contributed by atoms with Crippen molar-refractivity contribution in [3.8, 4) is 0 Å². The number of aryl methyl sites for hydroxylation is 1. The Kier molecular flexibility index (Phi) is 7.04. The molecule has 0 radical (unpaired) electrons. The van der Waals surface area contributed by atoms with Gasteiger partial charge < -0.3 is 14.3 Å². The number of hydrogen-bond donors (Lipinski definition) is 0. The fourth-order valence-electron chi connectivity index (χ4n) is 4.76. The highest BCUT2D eigenvalue weighted by Gasteiger charge is 2.39. The van der Waals surface area contributed by atoms with Crippen LogP contribution in [0.4, 0.5) is 5.69 Å². The molecule has 10 nitrogen and oxygen atoms in total. The second kappa shape index (κ2) is 9.83. The van der Waals surface area contributed by atoms with E-state index in [4.69, 9.17) is 4.52 Å². The van der Waals surface area contributed by atoms with Crippen molar-refractivity contribution in [2.24, 2.45) is 5.92 Å². The molecule has 2 aromatic rings. The van der Waals surface area contributed by atoms with Gasteiger partial charge in [0, 0.05) is 57.7 Å². The second-order valence-corrected chi connectivity index (χ2v) is 10.7. The quantitative estimate of drug-likeness (QED) is 0.585. The molecule has 11 heteroatoms. The smallest absolute Gasteiger partial charge is 0.243 e. The third-order valence-corrected chi connectivity index (χ3v) is 8.67. The van der Waals surface area contributed by atoms with Crippen LogP contribution in [0.5, 0.6) is 0 Å². The maximum Gasteiger partial charge on any atom is 0.243 e. The van der Waals surface area contributed by atoms with E-state index in [1.54, 1.807) is 42.7 Å². The number of anilines is 1. The van der Waals surface area contributed by atoms with Crippen molar-refractivity contribution >= 4 is 27.5 Å². The number of aromatic nitrogens is 2. The minimum Gasteiger partial charge on any atom is -0.342 e. The van der Waals surface area contributed by atoms with Crippen molar-refractivity contribution in [1.82, 2.24) is 19.3 Å². The Balaban J connectivity index is 1.43. The van der Waals surface area contributed by atoms with Crippen LogP contribution in [0.2, 0.25) is 0 Å². The molecule has 0 spiro atoms. The van der Waals surface area contributed by atoms with Gasteiger partial charge in [-0.25, -0.2) is 8.42 Å². The number of sulfonamides is 1. The molecule has 1 aromatic heterocycles. The van der Waals surface area contributed by atoms with Gasteiger partial charge >= 0.3 is 0 Å². The summed E-state index contributed by atoms with van der Waals surface area (Å²) < 4.78 is 31.9. The van der Waals surface area contributed by atoms with Crippen LogP contribution in [0.15, 0.2) is 33.7 Å². The summed E-state index contributed by atoms with van der Waals surface area (Å²) in [5.74, 6) is 0.549. The Labute approximate surface area is 199 Å². The first-order valence-corrected chi connectivity index (χ1v) is 13.2. The van der Waals surface area contributed by atoms with Gasteiger partial charge in [-0.05, 0) is 37.1 Å². The summed E-state index contributed by atoms with van der Waals surface area (Å²) in [6.07, 6.45) is 1.87. The van der Waals surface area contributed by atoms with E-state index in [2.05, 4.69) is 10.1 Å².